The summed E-state index contributed by atoms with van der Waals surface area (Å²) < 4.78 is 5.03. The highest BCUT2D eigenvalue weighted by atomic mass is 35.5. The van der Waals surface area contributed by atoms with Gasteiger partial charge in [0.25, 0.3) is 5.91 Å². The zero-order valence-corrected chi connectivity index (χ0v) is 16.7. The summed E-state index contributed by atoms with van der Waals surface area (Å²) in [6, 6.07) is 14.2. The van der Waals surface area contributed by atoms with Gasteiger partial charge in [0.15, 0.2) is 6.61 Å². The van der Waals surface area contributed by atoms with Crippen molar-refractivity contribution in [3.8, 4) is 0 Å². The average Bonchev–Trinajstić information content (AvgIpc) is 2.67. The van der Waals surface area contributed by atoms with Crippen LogP contribution in [0.25, 0.3) is 0 Å². The largest absolute Gasteiger partial charge is 0.456 e. The number of thioether (sulfide) groups is 1. The number of amides is 2. The molecule has 8 heteroatoms. The van der Waals surface area contributed by atoms with Gasteiger partial charge in [-0.1, -0.05) is 41.9 Å². The van der Waals surface area contributed by atoms with Crippen LogP contribution in [0.5, 0.6) is 0 Å². The van der Waals surface area contributed by atoms with E-state index in [2.05, 4.69) is 10.6 Å². The lowest BCUT2D eigenvalue weighted by atomic mass is 10.1. The zero-order chi connectivity index (χ0) is 20.1. The molecule has 0 saturated heterocycles. The summed E-state index contributed by atoms with van der Waals surface area (Å²) in [5, 5.41) is 5.46. The molecule has 0 aliphatic carbocycles. The van der Waals surface area contributed by atoms with Crippen LogP contribution in [0.1, 0.15) is 24.9 Å². The Labute approximate surface area is 172 Å². The molecule has 1 heterocycles. The van der Waals surface area contributed by atoms with Crippen molar-refractivity contribution in [2.24, 2.45) is 0 Å². The highest BCUT2D eigenvalue weighted by Crippen LogP contribution is 2.36. The molecular formula is C20H19ClN2O4S. The average molecular weight is 419 g/mol. The first-order valence-corrected chi connectivity index (χ1v) is 9.96. The van der Waals surface area contributed by atoms with Crippen molar-refractivity contribution in [3.05, 3.63) is 59.1 Å². The van der Waals surface area contributed by atoms with E-state index in [1.54, 1.807) is 25.1 Å². The van der Waals surface area contributed by atoms with Crippen molar-refractivity contribution in [1.29, 1.82) is 0 Å². The van der Waals surface area contributed by atoms with E-state index in [-0.39, 0.29) is 18.4 Å². The SMILES string of the molecule is C[C@H](NC(=O)COC(=O)C[C@H]1Sc2ccccc2NC1=O)c1ccccc1Cl. The molecule has 2 aromatic rings. The van der Waals surface area contributed by atoms with Crippen LogP contribution in [0.4, 0.5) is 5.69 Å². The summed E-state index contributed by atoms with van der Waals surface area (Å²) >= 11 is 7.42. The van der Waals surface area contributed by atoms with E-state index in [0.29, 0.717) is 5.02 Å². The van der Waals surface area contributed by atoms with Gasteiger partial charge in [-0.2, -0.15) is 0 Å². The summed E-state index contributed by atoms with van der Waals surface area (Å²) in [5.41, 5.74) is 1.51. The maximum Gasteiger partial charge on any atom is 0.307 e. The number of fused-ring (bicyclic) bond motifs is 1. The van der Waals surface area contributed by atoms with Crippen molar-refractivity contribution < 1.29 is 19.1 Å². The van der Waals surface area contributed by atoms with E-state index in [0.717, 1.165) is 16.1 Å². The summed E-state index contributed by atoms with van der Waals surface area (Å²) in [5.74, 6) is -1.29. The van der Waals surface area contributed by atoms with Gasteiger partial charge in [0.05, 0.1) is 23.4 Å². The van der Waals surface area contributed by atoms with Gasteiger partial charge in [0.2, 0.25) is 5.91 Å². The van der Waals surface area contributed by atoms with Crippen molar-refractivity contribution >= 4 is 46.8 Å². The first-order chi connectivity index (χ1) is 13.4. The fourth-order valence-corrected chi connectivity index (χ4v) is 4.17. The smallest absolute Gasteiger partial charge is 0.307 e. The second kappa shape index (κ2) is 9.12. The third-order valence-corrected chi connectivity index (χ3v) is 5.79. The number of carbonyl (C=O) groups is 3. The number of nitrogens with one attached hydrogen (secondary N) is 2. The number of esters is 1. The van der Waals surface area contributed by atoms with Gasteiger partial charge >= 0.3 is 5.97 Å². The quantitative estimate of drug-likeness (QED) is 0.700. The molecule has 0 unspecified atom stereocenters. The predicted octanol–water partition coefficient (Wildman–Crippen LogP) is 3.56. The van der Waals surface area contributed by atoms with Crippen LogP contribution in [0.2, 0.25) is 5.02 Å². The van der Waals surface area contributed by atoms with Crippen LogP contribution in [-0.4, -0.2) is 29.6 Å². The Hall–Kier alpha value is -2.51. The number of ether oxygens (including phenoxy) is 1. The maximum atomic E-state index is 12.1. The third-order valence-electron chi connectivity index (χ3n) is 4.17. The highest BCUT2D eigenvalue weighted by molar-refractivity contribution is 8.01. The van der Waals surface area contributed by atoms with E-state index in [4.69, 9.17) is 16.3 Å². The van der Waals surface area contributed by atoms with Crippen molar-refractivity contribution in [1.82, 2.24) is 5.32 Å². The number of carbonyl (C=O) groups excluding carboxylic acids is 3. The lowest BCUT2D eigenvalue weighted by molar-refractivity contribution is -0.149. The van der Waals surface area contributed by atoms with Crippen molar-refractivity contribution in [2.45, 2.75) is 29.5 Å². The summed E-state index contributed by atoms with van der Waals surface area (Å²) in [6.45, 7) is 1.38. The molecule has 0 radical (unpaired) electrons. The molecule has 2 N–H and O–H groups in total. The Morgan fingerprint density at radius 2 is 1.93 bits per heavy atom. The molecule has 0 fully saturated rings. The number of hydrogen-bond donors (Lipinski definition) is 2. The highest BCUT2D eigenvalue weighted by Gasteiger charge is 2.29. The molecule has 28 heavy (non-hydrogen) atoms. The van der Waals surface area contributed by atoms with Crippen molar-refractivity contribution in [2.75, 3.05) is 11.9 Å². The van der Waals surface area contributed by atoms with Crippen LogP contribution in [-0.2, 0) is 19.1 Å². The molecule has 6 nitrogen and oxygen atoms in total. The minimum atomic E-state index is -0.604. The Morgan fingerprint density at radius 3 is 2.71 bits per heavy atom. The fraction of sp³-hybridized carbons (Fsp3) is 0.250. The topological polar surface area (TPSA) is 84.5 Å². The first-order valence-electron chi connectivity index (χ1n) is 8.70. The lowest BCUT2D eigenvalue weighted by Crippen LogP contribution is -2.34. The minimum Gasteiger partial charge on any atom is -0.456 e. The van der Waals surface area contributed by atoms with Crippen LogP contribution in [0.15, 0.2) is 53.4 Å². The summed E-state index contributed by atoms with van der Waals surface area (Å²) in [4.78, 5) is 37.1. The second-order valence-corrected chi connectivity index (χ2v) is 7.92. The van der Waals surface area contributed by atoms with E-state index >= 15 is 0 Å². The number of anilines is 1. The van der Waals surface area contributed by atoms with Crippen LogP contribution >= 0.6 is 23.4 Å². The third kappa shape index (κ3) is 5.05. The molecule has 0 spiro atoms. The molecule has 2 atom stereocenters. The van der Waals surface area contributed by atoms with Gasteiger partial charge in [-0.05, 0) is 30.7 Å². The maximum absolute atomic E-state index is 12.1. The van der Waals surface area contributed by atoms with Gasteiger partial charge in [0.1, 0.15) is 0 Å². The zero-order valence-electron chi connectivity index (χ0n) is 15.1. The standard InChI is InChI=1S/C20H19ClN2O4S/c1-12(13-6-2-3-7-14(13)21)22-18(24)11-27-19(25)10-17-20(26)23-15-8-4-5-9-16(15)28-17/h2-9,12,17H,10-11H2,1H3,(H,22,24)(H,23,26)/t12-,17+/m0/s1. The van der Waals surface area contributed by atoms with Gasteiger partial charge < -0.3 is 15.4 Å². The predicted molar refractivity (Wildman–Crippen MR) is 108 cm³/mol. The number of hydrogen-bond acceptors (Lipinski definition) is 5. The molecule has 1 aliphatic heterocycles. The minimum absolute atomic E-state index is 0.113. The molecule has 1 aliphatic rings. The Morgan fingerprint density at radius 1 is 1.21 bits per heavy atom. The Kier molecular flexibility index (Phi) is 6.59. The van der Waals surface area contributed by atoms with Gasteiger partial charge in [-0.25, -0.2) is 0 Å². The van der Waals surface area contributed by atoms with Crippen LogP contribution in [0, 0.1) is 0 Å². The molecule has 0 bridgehead atoms. The first kappa shape index (κ1) is 20.2. The fourth-order valence-electron chi connectivity index (χ4n) is 2.77. The van der Waals surface area contributed by atoms with Gasteiger partial charge in [-0.3, -0.25) is 14.4 Å². The molecule has 146 valence electrons. The van der Waals surface area contributed by atoms with Gasteiger partial charge in [0, 0.05) is 9.92 Å². The normalized spacial score (nSPS) is 16.5. The van der Waals surface area contributed by atoms with E-state index < -0.39 is 23.7 Å². The monoisotopic (exact) mass is 418 g/mol. The lowest BCUT2D eigenvalue weighted by Gasteiger charge is -2.23. The van der Waals surface area contributed by atoms with Crippen LogP contribution in [0.3, 0.4) is 0 Å². The number of para-hydroxylation sites is 1. The Bertz CT molecular complexity index is 905. The molecule has 0 saturated carbocycles. The van der Waals surface area contributed by atoms with Crippen molar-refractivity contribution in [3.63, 3.8) is 0 Å². The number of rotatable bonds is 6. The molecular weight excluding hydrogens is 400 g/mol. The van der Waals surface area contributed by atoms with E-state index in [1.165, 1.54) is 11.8 Å². The molecule has 2 aromatic carbocycles. The Balaban J connectivity index is 1.47. The van der Waals surface area contributed by atoms with Gasteiger partial charge in [-0.15, -0.1) is 11.8 Å². The molecule has 3 rings (SSSR count). The molecule has 2 amide bonds. The van der Waals surface area contributed by atoms with E-state index in [1.807, 2.05) is 30.3 Å². The number of benzene rings is 2. The van der Waals surface area contributed by atoms with E-state index in [9.17, 15) is 14.4 Å². The summed E-state index contributed by atoms with van der Waals surface area (Å²) in [7, 11) is 0. The number of halogens is 1. The summed E-state index contributed by atoms with van der Waals surface area (Å²) in [6.07, 6.45) is -0.113. The second-order valence-electron chi connectivity index (χ2n) is 6.27. The van der Waals surface area contributed by atoms with Crippen LogP contribution < -0.4 is 10.6 Å². The molecule has 0 aromatic heterocycles.